The molecule has 1 aliphatic heterocycles. The zero-order chi connectivity index (χ0) is 16.7. The van der Waals surface area contributed by atoms with Gasteiger partial charge in [-0.3, -0.25) is 10.00 Å². The summed E-state index contributed by atoms with van der Waals surface area (Å²) in [5.41, 5.74) is 3.51. The third kappa shape index (κ3) is 2.98. The van der Waals surface area contributed by atoms with E-state index in [1.54, 1.807) is 7.11 Å². The molecule has 1 N–H and O–H groups in total. The van der Waals surface area contributed by atoms with Crippen molar-refractivity contribution in [1.82, 2.24) is 25.2 Å². The molecule has 0 spiro atoms. The minimum atomic E-state index is 0.248. The summed E-state index contributed by atoms with van der Waals surface area (Å²) in [5.74, 6) is 2.83. The van der Waals surface area contributed by atoms with Crippen molar-refractivity contribution < 1.29 is 9.26 Å². The molecule has 0 aromatic carbocycles. The minimum absolute atomic E-state index is 0.248. The molecule has 7 heteroatoms. The van der Waals surface area contributed by atoms with Crippen LogP contribution >= 0.6 is 0 Å². The number of methoxy groups -OCH3 is 1. The molecule has 2 atom stereocenters. The Morgan fingerprint density at radius 2 is 2.12 bits per heavy atom. The topological polar surface area (TPSA) is 80.1 Å². The number of hydrogen-bond acceptors (Lipinski definition) is 6. The molecule has 1 aliphatic carbocycles. The molecule has 3 heterocycles. The van der Waals surface area contributed by atoms with Crippen LogP contribution in [-0.4, -0.2) is 52.0 Å². The smallest absolute Gasteiger partial charge is 0.231 e. The second-order valence-corrected chi connectivity index (χ2v) is 7.19. The molecule has 4 rings (SSSR count). The number of nitrogens with one attached hydrogen (secondary N) is 1. The van der Waals surface area contributed by atoms with Gasteiger partial charge in [-0.2, -0.15) is 10.1 Å². The van der Waals surface area contributed by atoms with Crippen molar-refractivity contribution >= 4 is 0 Å². The lowest BCUT2D eigenvalue weighted by Crippen LogP contribution is -2.21. The molecule has 2 aliphatic rings. The van der Waals surface area contributed by atoms with Gasteiger partial charge >= 0.3 is 0 Å². The van der Waals surface area contributed by atoms with Crippen molar-refractivity contribution in [3.8, 4) is 0 Å². The Morgan fingerprint density at radius 1 is 1.29 bits per heavy atom. The highest BCUT2D eigenvalue weighted by Crippen LogP contribution is 2.40. The maximum absolute atomic E-state index is 5.60. The number of H-pyrrole nitrogens is 1. The third-order valence-corrected chi connectivity index (χ3v) is 5.28. The van der Waals surface area contributed by atoms with Crippen molar-refractivity contribution in [1.29, 1.82) is 0 Å². The molecule has 1 saturated carbocycles. The van der Waals surface area contributed by atoms with Crippen LogP contribution < -0.4 is 0 Å². The predicted octanol–water partition coefficient (Wildman–Crippen LogP) is 2.15. The molecule has 2 aromatic heterocycles. The van der Waals surface area contributed by atoms with Crippen molar-refractivity contribution in [2.75, 3.05) is 26.8 Å². The molecular formula is C17H25N5O2. The van der Waals surface area contributed by atoms with Crippen LogP contribution in [0.5, 0.6) is 0 Å². The summed E-state index contributed by atoms with van der Waals surface area (Å²) in [5, 5.41) is 11.6. The Labute approximate surface area is 141 Å². The fourth-order valence-corrected chi connectivity index (χ4v) is 3.69. The zero-order valence-corrected chi connectivity index (χ0v) is 14.6. The zero-order valence-electron chi connectivity index (χ0n) is 14.6. The van der Waals surface area contributed by atoms with E-state index in [0.29, 0.717) is 18.4 Å². The fourth-order valence-electron chi connectivity index (χ4n) is 3.69. The van der Waals surface area contributed by atoms with Gasteiger partial charge in [0.15, 0.2) is 5.82 Å². The van der Waals surface area contributed by atoms with Crippen LogP contribution in [0.25, 0.3) is 0 Å². The van der Waals surface area contributed by atoms with Crippen molar-refractivity contribution in [3.63, 3.8) is 0 Å². The van der Waals surface area contributed by atoms with Gasteiger partial charge in [0.2, 0.25) is 5.89 Å². The van der Waals surface area contributed by atoms with Crippen molar-refractivity contribution in [2.24, 2.45) is 5.92 Å². The van der Waals surface area contributed by atoms with E-state index in [9.17, 15) is 0 Å². The number of aromatic amines is 1. The summed E-state index contributed by atoms with van der Waals surface area (Å²) < 4.78 is 11.0. The Balaban J connectivity index is 1.50. The lowest BCUT2D eigenvalue weighted by atomic mass is 9.97. The van der Waals surface area contributed by atoms with Gasteiger partial charge in [-0.05, 0) is 26.7 Å². The first-order chi connectivity index (χ1) is 11.7. The van der Waals surface area contributed by atoms with E-state index < -0.39 is 0 Å². The first-order valence-electron chi connectivity index (χ1n) is 8.71. The van der Waals surface area contributed by atoms with Gasteiger partial charge in [-0.25, -0.2) is 0 Å². The second-order valence-electron chi connectivity index (χ2n) is 7.19. The summed E-state index contributed by atoms with van der Waals surface area (Å²) in [6.45, 7) is 7.64. The predicted molar refractivity (Wildman–Crippen MR) is 87.7 cm³/mol. The average molecular weight is 331 g/mol. The highest BCUT2D eigenvalue weighted by atomic mass is 16.5. The average Bonchev–Trinajstić information content (AvgIpc) is 3.04. The number of aromatic nitrogens is 4. The minimum Gasteiger partial charge on any atom is -0.384 e. The van der Waals surface area contributed by atoms with E-state index in [-0.39, 0.29) is 5.92 Å². The first kappa shape index (κ1) is 15.8. The number of likely N-dealkylation sites (tertiary alicyclic amines) is 1. The van der Waals surface area contributed by atoms with Crippen LogP contribution in [0.4, 0.5) is 0 Å². The van der Waals surface area contributed by atoms with Crippen LogP contribution in [0, 0.1) is 19.8 Å². The van der Waals surface area contributed by atoms with E-state index in [4.69, 9.17) is 9.26 Å². The van der Waals surface area contributed by atoms with Gasteiger partial charge < -0.3 is 9.26 Å². The number of ether oxygens (including phenoxy) is 1. The molecule has 0 unspecified atom stereocenters. The van der Waals surface area contributed by atoms with Gasteiger partial charge in [-0.15, -0.1) is 0 Å². The Bertz CT molecular complexity index is 686. The molecule has 7 nitrogen and oxygen atoms in total. The van der Waals surface area contributed by atoms with Crippen LogP contribution in [0.2, 0.25) is 0 Å². The number of nitrogens with zero attached hydrogens (tertiary/aromatic N) is 4. The van der Waals surface area contributed by atoms with E-state index in [0.717, 1.165) is 42.7 Å². The highest BCUT2D eigenvalue weighted by molar-refractivity contribution is 5.23. The number of aryl methyl sites for hydroxylation is 2. The third-order valence-electron chi connectivity index (χ3n) is 5.28. The van der Waals surface area contributed by atoms with Crippen molar-refractivity contribution in [2.45, 2.75) is 45.1 Å². The normalized spacial score (nSPS) is 24.8. The van der Waals surface area contributed by atoms with E-state index in [1.165, 1.54) is 18.4 Å². The summed E-state index contributed by atoms with van der Waals surface area (Å²) in [4.78, 5) is 7.12. The van der Waals surface area contributed by atoms with Gasteiger partial charge in [-0.1, -0.05) is 5.16 Å². The fraction of sp³-hybridized carbons (Fsp3) is 0.706. The summed E-state index contributed by atoms with van der Waals surface area (Å²) >= 11 is 0. The first-order valence-corrected chi connectivity index (χ1v) is 8.71. The standard InChI is InChI=1S/C17H25N5O2/c1-10-14(11(2)20-19-10)7-22-6-13(9-23-3)15(8-22)17-18-16(21-24-17)12-4-5-12/h12-13,15H,4-9H2,1-3H3,(H,19,20)/t13-,15+/m0/s1. The maximum atomic E-state index is 5.60. The quantitative estimate of drug-likeness (QED) is 0.873. The second kappa shape index (κ2) is 6.29. The molecule has 2 fully saturated rings. The van der Waals surface area contributed by atoms with Gasteiger partial charge in [0.1, 0.15) is 0 Å². The lowest BCUT2D eigenvalue weighted by Gasteiger charge is -2.15. The molecule has 0 bridgehead atoms. The maximum Gasteiger partial charge on any atom is 0.231 e. The number of hydrogen-bond donors (Lipinski definition) is 1. The van der Waals surface area contributed by atoms with Gasteiger partial charge in [0.25, 0.3) is 0 Å². The van der Waals surface area contributed by atoms with Crippen LogP contribution in [-0.2, 0) is 11.3 Å². The Morgan fingerprint density at radius 3 is 2.79 bits per heavy atom. The van der Waals surface area contributed by atoms with Crippen LogP contribution in [0.1, 0.15) is 53.3 Å². The van der Waals surface area contributed by atoms with Gasteiger partial charge in [0, 0.05) is 49.8 Å². The van der Waals surface area contributed by atoms with Crippen molar-refractivity contribution in [3.05, 3.63) is 28.7 Å². The molecule has 130 valence electrons. The SMILES string of the molecule is COC[C@@H]1CN(Cc2c(C)n[nH]c2C)C[C@H]1c1nc(C2CC2)no1. The lowest BCUT2D eigenvalue weighted by molar-refractivity contribution is 0.142. The van der Waals surface area contributed by atoms with Gasteiger partial charge in [0.05, 0.1) is 18.2 Å². The van der Waals surface area contributed by atoms with E-state index in [2.05, 4.69) is 39.1 Å². The molecule has 0 amide bonds. The highest BCUT2D eigenvalue weighted by Gasteiger charge is 2.39. The molecule has 24 heavy (non-hydrogen) atoms. The molecule has 2 aromatic rings. The van der Waals surface area contributed by atoms with Crippen LogP contribution in [0.3, 0.4) is 0 Å². The van der Waals surface area contributed by atoms with E-state index in [1.807, 2.05) is 0 Å². The Kier molecular flexibility index (Phi) is 4.14. The monoisotopic (exact) mass is 331 g/mol. The number of rotatable bonds is 6. The molecular weight excluding hydrogens is 306 g/mol. The summed E-state index contributed by atoms with van der Waals surface area (Å²) in [6.07, 6.45) is 2.38. The summed E-state index contributed by atoms with van der Waals surface area (Å²) in [6, 6.07) is 0. The van der Waals surface area contributed by atoms with Crippen LogP contribution in [0.15, 0.2) is 4.52 Å². The molecule has 0 radical (unpaired) electrons. The summed E-state index contributed by atoms with van der Waals surface area (Å²) in [7, 11) is 1.76. The Hall–Kier alpha value is -1.73. The van der Waals surface area contributed by atoms with E-state index >= 15 is 0 Å². The molecule has 1 saturated heterocycles. The largest absolute Gasteiger partial charge is 0.384 e.